The van der Waals surface area contributed by atoms with Gasteiger partial charge in [-0.1, -0.05) is 31.7 Å². The lowest BCUT2D eigenvalue weighted by Crippen LogP contribution is -2.11. The Balaban J connectivity index is 2.32. The minimum absolute atomic E-state index is 0.843. The first-order chi connectivity index (χ1) is 7.20. The summed E-state index contributed by atoms with van der Waals surface area (Å²) in [5.41, 5.74) is 4.39. The summed E-state index contributed by atoms with van der Waals surface area (Å²) in [6.07, 6.45) is 5.92. The minimum Gasteiger partial charge on any atom is -0.130 e. The Labute approximate surface area is 96.8 Å². The van der Waals surface area contributed by atoms with Gasteiger partial charge in [-0.3, -0.25) is 0 Å². The van der Waals surface area contributed by atoms with Gasteiger partial charge in [0, 0.05) is 4.91 Å². The number of hydrogen-bond acceptors (Lipinski definition) is 1. The Morgan fingerprint density at radius 3 is 2.93 bits per heavy atom. The van der Waals surface area contributed by atoms with Crippen molar-refractivity contribution in [2.45, 2.75) is 26.2 Å². The van der Waals surface area contributed by atoms with Crippen LogP contribution in [0.3, 0.4) is 0 Å². The van der Waals surface area contributed by atoms with E-state index in [0.29, 0.717) is 0 Å². The zero-order valence-electron chi connectivity index (χ0n) is 9.55. The average Bonchev–Trinajstić information content (AvgIpc) is 2.27. The molecule has 0 nitrogen and oxygen atoms in total. The maximum Gasteiger partial charge on any atom is 0.00698 e. The molecular formula is C14H18S. The van der Waals surface area contributed by atoms with Gasteiger partial charge in [0.15, 0.2) is 0 Å². The Hall–Kier alpha value is -0.690. The lowest BCUT2D eigenvalue weighted by molar-refractivity contribution is 0.501. The molecule has 80 valence electrons. The molecule has 0 heterocycles. The van der Waals surface area contributed by atoms with Gasteiger partial charge in [-0.25, -0.2) is 0 Å². The van der Waals surface area contributed by atoms with Crippen LogP contribution in [0.25, 0.3) is 4.91 Å². The Morgan fingerprint density at radius 2 is 2.20 bits per heavy atom. The standard InChI is InChI=1S/C14H18S/c1-10-4-5-12-6-7-13(11(2)15-3)9-14(12)8-10/h6-7,9-10H,2,4-5,8H2,1,3H3. The van der Waals surface area contributed by atoms with E-state index in [9.17, 15) is 0 Å². The molecule has 0 spiro atoms. The van der Waals surface area contributed by atoms with Gasteiger partial charge in [0.2, 0.25) is 0 Å². The van der Waals surface area contributed by atoms with Crippen molar-refractivity contribution in [3.63, 3.8) is 0 Å². The molecule has 1 aromatic carbocycles. The van der Waals surface area contributed by atoms with Gasteiger partial charge in [-0.2, -0.15) is 0 Å². The Kier molecular flexibility index (Phi) is 3.20. The van der Waals surface area contributed by atoms with Gasteiger partial charge in [-0.15, -0.1) is 11.8 Å². The predicted octanol–water partition coefficient (Wildman–Crippen LogP) is 4.15. The zero-order chi connectivity index (χ0) is 10.8. The van der Waals surface area contributed by atoms with Crippen molar-refractivity contribution in [3.8, 4) is 0 Å². The highest BCUT2D eigenvalue weighted by Gasteiger charge is 2.15. The summed E-state index contributed by atoms with van der Waals surface area (Å²) in [6.45, 7) is 6.42. The lowest BCUT2D eigenvalue weighted by atomic mass is 9.84. The van der Waals surface area contributed by atoms with Crippen LogP contribution in [-0.4, -0.2) is 6.26 Å². The number of fused-ring (bicyclic) bond motifs is 1. The second kappa shape index (κ2) is 4.44. The third-order valence-electron chi connectivity index (χ3n) is 3.25. The van der Waals surface area contributed by atoms with E-state index in [-0.39, 0.29) is 0 Å². The summed E-state index contributed by atoms with van der Waals surface area (Å²) < 4.78 is 0. The highest BCUT2D eigenvalue weighted by Crippen LogP contribution is 2.30. The van der Waals surface area contributed by atoms with Crippen molar-refractivity contribution < 1.29 is 0 Å². The van der Waals surface area contributed by atoms with E-state index in [0.717, 1.165) is 5.92 Å². The molecule has 1 aliphatic rings. The molecule has 0 N–H and O–H groups in total. The number of hydrogen-bond donors (Lipinski definition) is 0. The van der Waals surface area contributed by atoms with Crippen LogP contribution < -0.4 is 0 Å². The van der Waals surface area contributed by atoms with Crippen LogP contribution in [-0.2, 0) is 12.8 Å². The number of aryl methyl sites for hydroxylation is 1. The summed E-state index contributed by atoms with van der Waals surface area (Å²) in [5.74, 6) is 0.843. The Morgan fingerprint density at radius 1 is 1.40 bits per heavy atom. The summed E-state index contributed by atoms with van der Waals surface area (Å²) in [4.78, 5) is 1.18. The topological polar surface area (TPSA) is 0 Å². The molecule has 1 heteroatoms. The van der Waals surface area contributed by atoms with Gasteiger partial charge < -0.3 is 0 Å². The Bertz CT molecular complexity index is 379. The van der Waals surface area contributed by atoms with E-state index in [1.54, 1.807) is 22.9 Å². The molecule has 0 saturated carbocycles. The second-order valence-corrected chi connectivity index (χ2v) is 5.36. The van der Waals surface area contributed by atoms with Crippen LogP contribution in [0.1, 0.15) is 30.0 Å². The van der Waals surface area contributed by atoms with E-state index in [1.165, 1.54) is 29.7 Å². The molecule has 0 aromatic heterocycles. The summed E-state index contributed by atoms with van der Waals surface area (Å²) in [6, 6.07) is 6.84. The van der Waals surface area contributed by atoms with Crippen LogP contribution in [0.4, 0.5) is 0 Å². The van der Waals surface area contributed by atoms with E-state index in [1.807, 2.05) is 0 Å². The minimum atomic E-state index is 0.843. The van der Waals surface area contributed by atoms with Gasteiger partial charge in [0.25, 0.3) is 0 Å². The first-order valence-electron chi connectivity index (χ1n) is 5.55. The molecule has 0 aliphatic heterocycles. The molecule has 1 aromatic rings. The van der Waals surface area contributed by atoms with Crippen molar-refractivity contribution in [2.75, 3.05) is 6.26 Å². The van der Waals surface area contributed by atoms with E-state index in [4.69, 9.17) is 0 Å². The predicted molar refractivity (Wildman–Crippen MR) is 70.2 cm³/mol. The molecule has 1 atom stereocenters. The first-order valence-corrected chi connectivity index (χ1v) is 6.78. The van der Waals surface area contributed by atoms with Gasteiger partial charge in [-0.05, 0) is 48.1 Å². The van der Waals surface area contributed by atoms with Gasteiger partial charge in [0.1, 0.15) is 0 Å². The van der Waals surface area contributed by atoms with E-state index < -0.39 is 0 Å². The molecule has 0 fully saturated rings. The number of rotatable bonds is 2. The van der Waals surface area contributed by atoms with Crippen LogP contribution in [0.2, 0.25) is 0 Å². The van der Waals surface area contributed by atoms with Crippen LogP contribution >= 0.6 is 11.8 Å². The SMILES string of the molecule is C=C(SC)c1ccc2c(c1)CC(C)CC2. The van der Waals surface area contributed by atoms with Crippen molar-refractivity contribution in [1.29, 1.82) is 0 Å². The third-order valence-corrected chi connectivity index (χ3v) is 3.98. The largest absolute Gasteiger partial charge is 0.130 e. The van der Waals surface area contributed by atoms with Crippen molar-refractivity contribution in [3.05, 3.63) is 41.5 Å². The highest BCUT2D eigenvalue weighted by atomic mass is 32.2. The fourth-order valence-electron chi connectivity index (χ4n) is 2.23. The molecular weight excluding hydrogens is 200 g/mol. The van der Waals surface area contributed by atoms with Crippen molar-refractivity contribution >= 4 is 16.7 Å². The second-order valence-electron chi connectivity index (χ2n) is 4.46. The normalized spacial score (nSPS) is 19.7. The molecule has 0 radical (unpaired) electrons. The quantitative estimate of drug-likeness (QED) is 0.718. The monoisotopic (exact) mass is 218 g/mol. The fraction of sp³-hybridized carbons (Fsp3) is 0.429. The maximum atomic E-state index is 4.07. The molecule has 1 unspecified atom stereocenters. The summed E-state index contributed by atoms with van der Waals surface area (Å²) in [7, 11) is 0. The molecule has 1 aliphatic carbocycles. The fourth-order valence-corrected chi connectivity index (χ4v) is 2.59. The summed E-state index contributed by atoms with van der Waals surface area (Å²) >= 11 is 1.73. The molecule has 2 rings (SSSR count). The molecule has 0 bridgehead atoms. The lowest BCUT2D eigenvalue weighted by Gasteiger charge is -2.22. The van der Waals surface area contributed by atoms with Crippen LogP contribution in [0.15, 0.2) is 24.8 Å². The van der Waals surface area contributed by atoms with Crippen LogP contribution in [0.5, 0.6) is 0 Å². The number of thioether (sulfide) groups is 1. The zero-order valence-corrected chi connectivity index (χ0v) is 10.4. The first kappa shape index (κ1) is 10.8. The van der Waals surface area contributed by atoms with E-state index in [2.05, 4.69) is 38.0 Å². The van der Waals surface area contributed by atoms with Gasteiger partial charge >= 0.3 is 0 Å². The summed E-state index contributed by atoms with van der Waals surface area (Å²) in [5, 5.41) is 0. The molecule has 0 amide bonds. The maximum absolute atomic E-state index is 4.07. The average molecular weight is 218 g/mol. The third kappa shape index (κ3) is 2.28. The van der Waals surface area contributed by atoms with E-state index >= 15 is 0 Å². The number of benzene rings is 1. The highest BCUT2D eigenvalue weighted by molar-refractivity contribution is 8.07. The van der Waals surface area contributed by atoms with Gasteiger partial charge in [0.05, 0.1) is 0 Å². The van der Waals surface area contributed by atoms with Crippen LogP contribution in [0, 0.1) is 5.92 Å². The molecule has 0 saturated heterocycles. The van der Waals surface area contributed by atoms with Crippen molar-refractivity contribution in [1.82, 2.24) is 0 Å². The van der Waals surface area contributed by atoms with Crippen molar-refractivity contribution in [2.24, 2.45) is 5.92 Å². The smallest absolute Gasteiger partial charge is 0.00698 e. The molecule has 15 heavy (non-hydrogen) atoms.